The molecule has 1 unspecified atom stereocenters. The van der Waals surface area contributed by atoms with Gasteiger partial charge in [-0.3, -0.25) is 9.59 Å². The minimum Gasteiger partial charge on any atom is -0.507 e. The van der Waals surface area contributed by atoms with Crippen molar-refractivity contribution >= 4 is 17.4 Å². The van der Waals surface area contributed by atoms with Crippen LogP contribution in [0.5, 0.6) is 0 Å². The average molecular weight is 423 g/mol. The van der Waals surface area contributed by atoms with E-state index in [2.05, 4.69) is 4.98 Å². The summed E-state index contributed by atoms with van der Waals surface area (Å²) in [7, 11) is 0. The van der Waals surface area contributed by atoms with Gasteiger partial charge < -0.3 is 14.6 Å². The van der Waals surface area contributed by atoms with E-state index in [9.17, 15) is 23.5 Å². The van der Waals surface area contributed by atoms with E-state index in [4.69, 9.17) is 0 Å². The molecule has 6 nitrogen and oxygen atoms in total. The third kappa shape index (κ3) is 4.09. The second-order valence-electron chi connectivity index (χ2n) is 7.20. The van der Waals surface area contributed by atoms with Gasteiger partial charge in [0.25, 0.3) is 11.7 Å². The minimum atomic E-state index is -0.881. The summed E-state index contributed by atoms with van der Waals surface area (Å²) in [6.45, 7) is 0.822. The monoisotopic (exact) mass is 423 g/mol. The molecule has 1 N–H and O–H groups in total. The smallest absolute Gasteiger partial charge is 0.295 e. The standard InChI is InChI=1S/C23H19F2N3O3/c24-17-6-2-15(3-7-17)20-19(21(29)16-4-8-18(25)9-5-16)22(30)23(31)28(20)12-1-11-27-13-10-26-14-27/h2-10,13-14,20,29H,1,11-12H2/b21-19-. The fourth-order valence-corrected chi connectivity index (χ4v) is 3.71. The van der Waals surface area contributed by atoms with Crippen molar-refractivity contribution in [3.05, 3.63) is 95.6 Å². The second kappa shape index (κ2) is 8.51. The Balaban J connectivity index is 1.72. The maximum atomic E-state index is 13.5. The summed E-state index contributed by atoms with van der Waals surface area (Å²) >= 11 is 0. The third-order valence-electron chi connectivity index (χ3n) is 5.22. The molecule has 2 heterocycles. The molecule has 0 radical (unpaired) electrons. The van der Waals surface area contributed by atoms with E-state index in [0.717, 1.165) is 12.1 Å². The first-order valence-electron chi connectivity index (χ1n) is 9.71. The van der Waals surface area contributed by atoms with Gasteiger partial charge in [0, 0.05) is 31.0 Å². The van der Waals surface area contributed by atoms with Crippen LogP contribution in [-0.2, 0) is 16.1 Å². The molecular weight excluding hydrogens is 404 g/mol. The predicted molar refractivity (Wildman–Crippen MR) is 109 cm³/mol. The first-order chi connectivity index (χ1) is 15.0. The normalized spacial score (nSPS) is 18.0. The highest BCUT2D eigenvalue weighted by molar-refractivity contribution is 6.46. The van der Waals surface area contributed by atoms with Gasteiger partial charge in [0.2, 0.25) is 0 Å². The number of imidazole rings is 1. The van der Waals surface area contributed by atoms with Crippen LogP contribution < -0.4 is 0 Å². The lowest BCUT2D eigenvalue weighted by Crippen LogP contribution is -2.31. The summed E-state index contributed by atoms with van der Waals surface area (Å²) in [5.41, 5.74) is 0.600. The molecule has 31 heavy (non-hydrogen) atoms. The average Bonchev–Trinajstić information content (AvgIpc) is 3.37. The number of benzene rings is 2. The van der Waals surface area contributed by atoms with Gasteiger partial charge in [0.1, 0.15) is 17.4 Å². The molecule has 1 amide bonds. The Morgan fingerprint density at radius 2 is 1.61 bits per heavy atom. The minimum absolute atomic E-state index is 0.106. The Hall–Kier alpha value is -3.81. The number of ketones is 1. The van der Waals surface area contributed by atoms with Crippen molar-refractivity contribution in [2.45, 2.75) is 19.0 Å². The zero-order chi connectivity index (χ0) is 22.0. The van der Waals surface area contributed by atoms with E-state index in [1.165, 1.54) is 41.3 Å². The zero-order valence-corrected chi connectivity index (χ0v) is 16.4. The molecular formula is C23H19F2N3O3. The van der Waals surface area contributed by atoms with Gasteiger partial charge in [-0.15, -0.1) is 0 Å². The third-order valence-corrected chi connectivity index (χ3v) is 5.22. The highest BCUT2D eigenvalue weighted by atomic mass is 19.1. The number of amides is 1. The molecule has 1 atom stereocenters. The summed E-state index contributed by atoms with van der Waals surface area (Å²) in [6, 6.07) is 9.52. The van der Waals surface area contributed by atoms with Crippen molar-refractivity contribution in [2.75, 3.05) is 6.54 Å². The number of aliphatic hydroxyl groups is 1. The zero-order valence-electron chi connectivity index (χ0n) is 16.4. The van der Waals surface area contributed by atoms with Crippen LogP contribution in [0, 0.1) is 11.6 Å². The quantitative estimate of drug-likeness (QED) is 0.373. The number of halogens is 2. The molecule has 4 rings (SSSR count). The van der Waals surface area contributed by atoms with Gasteiger partial charge in [-0.1, -0.05) is 12.1 Å². The molecule has 2 aromatic carbocycles. The summed E-state index contributed by atoms with van der Waals surface area (Å²) in [5.74, 6) is -2.93. The number of likely N-dealkylation sites (tertiary alicyclic amines) is 1. The van der Waals surface area contributed by atoms with E-state index >= 15 is 0 Å². The van der Waals surface area contributed by atoms with Crippen molar-refractivity contribution in [1.82, 2.24) is 14.5 Å². The van der Waals surface area contributed by atoms with Crippen molar-refractivity contribution in [2.24, 2.45) is 0 Å². The largest absolute Gasteiger partial charge is 0.507 e. The maximum Gasteiger partial charge on any atom is 0.295 e. The topological polar surface area (TPSA) is 75.4 Å². The van der Waals surface area contributed by atoms with Gasteiger partial charge in [0.05, 0.1) is 17.9 Å². The van der Waals surface area contributed by atoms with Crippen molar-refractivity contribution in [1.29, 1.82) is 0 Å². The molecule has 0 bridgehead atoms. The molecule has 0 saturated carbocycles. The van der Waals surface area contributed by atoms with Crippen molar-refractivity contribution in [3.63, 3.8) is 0 Å². The number of nitrogens with zero attached hydrogens (tertiary/aromatic N) is 3. The molecule has 158 valence electrons. The van der Waals surface area contributed by atoms with Gasteiger partial charge in [-0.2, -0.15) is 0 Å². The number of rotatable bonds is 6. The van der Waals surface area contributed by atoms with Gasteiger partial charge >= 0.3 is 0 Å². The molecule has 1 aliphatic rings. The van der Waals surface area contributed by atoms with Crippen molar-refractivity contribution < 1.29 is 23.5 Å². The van der Waals surface area contributed by atoms with E-state index < -0.39 is 35.1 Å². The lowest BCUT2D eigenvalue weighted by atomic mass is 9.95. The van der Waals surface area contributed by atoms with Gasteiger partial charge in [-0.25, -0.2) is 13.8 Å². The van der Waals surface area contributed by atoms with Gasteiger partial charge in [0.15, 0.2) is 0 Å². The number of Topliss-reactive ketones (excluding diaryl/α,β-unsaturated/α-hetero) is 1. The van der Waals surface area contributed by atoms with Crippen LogP contribution in [0.3, 0.4) is 0 Å². The van der Waals surface area contributed by atoms with Crippen LogP contribution >= 0.6 is 0 Å². The molecule has 3 aromatic rings. The number of aliphatic hydroxyl groups excluding tert-OH is 1. The van der Waals surface area contributed by atoms with Crippen LogP contribution in [0.2, 0.25) is 0 Å². The molecule has 1 fully saturated rings. The van der Waals surface area contributed by atoms with Crippen LogP contribution in [0.4, 0.5) is 8.78 Å². The van der Waals surface area contributed by atoms with Crippen LogP contribution in [0.15, 0.2) is 72.8 Å². The second-order valence-corrected chi connectivity index (χ2v) is 7.20. The van der Waals surface area contributed by atoms with E-state index in [1.807, 2.05) is 4.57 Å². The SMILES string of the molecule is O=C1C(=O)N(CCCn2ccnc2)C(c2ccc(F)cc2)/C1=C(/O)c1ccc(F)cc1. The Kier molecular flexibility index (Phi) is 5.62. The Bertz CT molecular complexity index is 1120. The summed E-state index contributed by atoms with van der Waals surface area (Å²) in [4.78, 5) is 31.0. The van der Waals surface area contributed by atoms with E-state index in [1.54, 1.807) is 18.7 Å². The molecule has 1 aliphatic heterocycles. The number of hydrogen-bond acceptors (Lipinski definition) is 4. The lowest BCUT2D eigenvalue weighted by Gasteiger charge is -2.25. The van der Waals surface area contributed by atoms with E-state index in [-0.39, 0.29) is 17.7 Å². The number of aromatic nitrogens is 2. The predicted octanol–water partition coefficient (Wildman–Crippen LogP) is 3.67. The fourth-order valence-electron chi connectivity index (χ4n) is 3.71. The molecule has 0 aliphatic carbocycles. The molecule has 8 heteroatoms. The van der Waals surface area contributed by atoms with Crippen LogP contribution in [-0.4, -0.2) is 37.8 Å². The first kappa shape index (κ1) is 20.5. The molecule has 1 saturated heterocycles. The number of hydrogen-bond donors (Lipinski definition) is 1. The Labute approximate surface area is 177 Å². The highest BCUT2D eigenvalue weighted by Gasteiger charge is 2.45. The number of aryl methyl sites for hydroxylation is 1. The summed E-state index contributed by atoms with van der Waals surface area (Å²) < 4.78 is 28.6. The summed E-state index contributed by atoms with van der Waals surface area (Å²) in [6.07, 6.45) is 5.63. The summed E-state index contributed by atoms with van der Waals surface area (Å²) in [5, 5.41) is 10.9. The highest BCUT2D eigenvalue weighted by Crippen LogP contribution is 2.39. The maximum absolute atomic E-state index is 13.5. The Morgan fingerprint density at radius 1 is 0.968 bits per heavy atom. The number of carbonyl (C=O) groups is 2. The van der Waals surface area contributed by atoms with E-state index in [0.29, 0.717) is 18.5 Å². The Morgan fingerprint density at radius 3 is 2.23 bits per heavy atom. The van der Waals surface area contributed by atoms with Crippen LogP contribution in [0.1, 0.15) is 23.6 Å². The van der Waals surface area contributed by atoms with Crippen molar-refractivity contribution in [3.8, 4) is 0 Å². The van der Waals surface area contributed by atoms with Crippen LogP contribution in [0.25, 0.3) is 5.76 Å². The number of carbonyl (C=O) groups excluding carboxylic acids is 2. The molecule has 0 spiro atoms. The fraction of sp³-hybridized carbons (Fsp3) is 0.174. The molecule has 1 aromatic heterocycles. The first-order valence-corrected chi connectivity index (χ1v) is 9.71. The van der Waals surface area contributed by atoms with Gasteiger partial charge in [-0.05, 0) is 48.4 Å². The lowest BCUT2D eigenvalue weighted by molar-refractivity contribution is -0.139.